The molecule has 6 heteroatoms. The number of nitrogens with one attached hydrogen (secondary N) is 1. The fraction of sp³-hybridized carbons (Fsp3) is 0.417. The quantitative estimate of drug-likeness (QED) is 0.320. The average molecular weight is 248 g/mol. The van der Waals surface area contributed by atoms with Crippen molar-refractivity contribution in [3.63, 3.8) is 0 Å². The first-order valence-corrected chi connectivity index (χ1v) is 5.41. The molecule has 0 amide bonds. The maximum absolute atomic E-state index is 11.4. The second-order valence-corrected chi connectivity index (χ2v) is 3.63. The number of carbonyl (C=O) groups is 1. The first-order valence-electron chi connectivity index (χ1n) is 5.41. The van der Waals surface area contributed by atoms with Crippen LogP contribution in [0.25, 0.3) is 0 Å². The largest absolute Gasteiger partial charge is 0.462 e. The number of allylic oxidation sites excluding steroid dienone is 2. The van der Waals surface area contributed by atoms with E-state index in [1.165, 1.54) is 0 Å². The molecule has 18 heavy (non-hydrogen) atoms. The Morgan fingerprint density at radius 2 is 2.06 bits per heavy atom. The van der Waals surface area contributed by atoms with Gasteiger partial charge >= 0.3 is 5.97 Å². The molecule has 3 N–H and O–H groups in total. The zero-order valence-electron chi connectivity index (χ0n) is 10.7. The summed E-state index contributed by atoms with van der Waals surface area (Å²) >= 11 is 0. The third kappa shape index (κ3) is 5.04. The van der Waals surface area contributed by atoms with Gasteiger partial charge in [0.1, 0.15) is 23.5 Å². The normalized spacial score (nSPS) is 12.2. The number of ether oxygens (including phenoxy) is 1. The van der Waals surface area contributed by atoms with Crippen LogP contribution in [0.1, 0.15) is 20.8 Å². The molecule has 0 rings (SSSR count). The Kier molecular flexibility index (Phi) is 6.68. The fourth-order valence-corrected chi connectivity index (χ4v) is 1.05. The van der Waals surface area contributed by atoms with Gasteiger partial charge in [0.25, 0.3) is 0 Å². The van der Waals surface area contributed by atoms with E-state index in [2.05, 4.69) is 10.1 Å². The van der Waals surface area contributed by atoms with Crippen LogP contribution in [0.15, 0.2) is 23.0 Å². The van der Waals surface area contributed by atoms with Crippen LogP contribution in [-0.4, -0.2) is 18.6 Å². The van der Waals surface area contributed by atoms with Crippen molar-refractivity contribution in [1.82, 2.24) is 5.32 Å². The molecular weight excluding hydrogens is 232 g/mol. The standard InChI is InChI=1S/C12H16N4O2/c1-4-18-12(17)10(7-14)5-9(6-13)11(15)16-8(2)3/h5,8,16H,4,15H2,1-3H3/b10-5-,11-9-. The van der Waals surface area contributed by atoms with Crippen molar-refractivity contribution in [1.29, 1.82) is 10.5 Å². The molecule has 0 aromatic carbocycles. The highest BCUT2D eigenvalue weighted by Crippen LogP contribution is 2.05. The predicted molar refractivity (Wildman–Crippen MR) is 65.4 cm³/mol. The molecular formula is C12H16N4O2. The van der Waals surface area contributed by atoms with Crippen LogP contribution in [0.2, 0.25) is 0 Å². The molecule has 6 nitrogen and oxygen atoms in total. The van der Waals surface area contributed by atoms with Gasteiger partial charge < -0.3 is 15.8 Å². The van der Waals surface area contributed by atoms with E-state index < -0.39 is 5.97 Å². The number of nitrogens with zero attached hydrogens (tertiary/aromatic N) is 2. The molecule has 0 aliphatic heterocycles. The Bertz CT molecular complexity index is 450. The molecule has 0 aromatic heterocycles. The van der Waals surface area contributed by atoms with Crippen LogP contribution in [0.3, 0.4) is 0 Å². The summed E-state index contributed by atoms with van der Waals surface area (Å²) in [6, 6.07) is 3.54. The summed E-state index contributed by atoms with van der Waals surface area (Å²) in [5.74, 6) is -0.658. The molecule has 0 atom stereocenters. The van der Waals surface area contributed by atoms with Gasteiger partial charge in [-0.15, -0.1) is 0 Å². The van der Waals surface area contributed by atoms with Crippen LogP contribution < -0.4 is 11.1 Å². The van der Waals surface area contributed by atoms with Gasteiger partial charge in [-0.05, 0) is 26.8 Å². The highest BCUT2D eigenvalue weighted by atomic mass is 16.5. The van der Waals surface area contributed by atoms with E-state index in [1.54, 1.807) is 13.0 Å². The first-order chi connectivity index (χ1) is 8.46. The molecule has 0 aliphatic rings. The topological polar surface area (TPSA) is 112 Å². The summed E-state index contributed by atoms with van der Waals surface area (Å²) in [4.78, 5) is 11.4. The highest BCUT2D eigenvalue weighted by molar-refractivity contribution is 5.93. The molecule has 0 radical (unpaired) electrons. The predicted octanol–water partition coefficient (Wildman–Crippen LogP) is 0.691. The van der Waals surface area contributed by atoms with E-state index >= 15 is 0 Å². The van der Waals surface area contributed by atoms with E-state index in [4.69, 9.17) is 16.3 Å². The van der Waals surface area contributed by atoms with Crippen molar-refractivity contribution >= 4 is 5.97 Å². The molecule has 0 bridgehead atoms. The number of rotatable bonds is 5. The SMILES string of the molecule is CCOC(=O)/C(C#N)=C\C(C#N)=C(/N)NC(C)C. The van der Waals surface area contributed by atoms with Gasteiger partial charge in [-0.3, -0.25) is 0 Å². The minimum absolute atomic E-state index is 0.0216. The number of nitrogens with two attached hydrogens (primary N) is 1. The Morgan fingerprint density at radius 3 is 2.44 bits per heavy atom. The average Bonchev–Trinajstić information content (AvgIpc) is 2.29. The molecule has 0 fully saturated rings. The van der Waals surface area contributed by atoms with E-state index in [0.717, 1.165) is 6.08 Å². The maximum atomic E-state index is 11.4. The van der Waals surface area contributed by atoms with E-state index in [0.29, 0.717) is 0 Å². The van der Waals surface area contributed by atoms with Crippen molar-refractivity contribution in [2.75, 3.05) is 6.61 Å². The van der Waals surface area contributed by atoms with Crippen LogP contribution in [0.4, 0.5) is 0 Å². The third-order valence-electron chi connectivity index (χ3n) is 1.76. The highest BCUT2D eigenvalue weighted by Gasteiger charge is 2.12. The van der Waals surface area contributed by atoms with Gasteiger partial charge in [0.05, 0.1) is 12.2 Å². The molecule has 0 aromatic rings. The molecule has 96 valence electrons. The molecule has 0 heterocycles. The van der Waals surface area contributed by atoms with Gasteiger partial charge in [-0.25, -0.2) is 4.79 Å². The van der Waals surface area contributed by atoms with Gasteiger partial charge in [0.15, 0.2) is 0 Å². The van der Waals surface area contributed by atoms with Gasteiger partial charge in [0.2, 0.25) is 0 Å². The number of nitriles is 2. The van der Waals surface area contributed by atoms with E-state index in [9.17, 15) is 4.79 Å². The van der Waals surface area contributed by atoms with E-state index in [-0.39, 0.29) is 29.6 Å². The zero-order valence-corrected chi connectivity index (χ0v) is 10.7. The molecule has 0 saturated heterocycles. The maximum Gasteiger partial charge on any atom is 0.348 e. The number of hydrogen-bond acceptors (Lipinski definition) is 6. The fourth-order valence-electron chi connectivity index (χ4n) is 1.05. The van der Waals surface area contributed by atoms with Gasteiger partial charge in [-0.2, -0.15) is 10.5 Å². The van der Waals surface area contributed by atoms with E-state index in [1.807, 2.05) is 19.9 Å². The van der Waals surface area contributed by atoms with Crippen LogP contribution in [0.5, 0.6) is 0 Å². The van der Waals surface area contributed by atoms with Crippen molar-refractivity contribution < 1.29 is 9.53 Å². The lowest BCUT2D eigenvalue weighted by atomic mass is 10.1. The molecule has 0 saturated carbocycles. The smallest absolute Gasteiger partial charge is 0.348 e. The van der Waals surface area contributed by atoms with Crippen LogP contribution in [-0.2, 0) is 9.53 Å². The number of hydrogen-bond donors (Lipinski definition) is 2. The lowest BCUT2D eigenvalue weighted by Gasteiger charge is -2.10. The lowest BCUT2D eigenvalue weighted by Crippen LogP contribution is -2.28. The third-order valence-corrected chi connectivity index (χ3v) is 1.76. The summed E-state index contributed by atoms with van der Waals surface area (Å²) in [5.41, 5.74) is 5.41. The minimum Gasteiger partial charge on any atom is -0.462 e. The van der Waals surface area contributed by atoms with Crippen molar-refractivity contribution in [2.45, 2.75) is 26.8 Å². The summed E-state index contributed by atoms with van der Waals surface area (Å²) in [6.45, 7) is 5.48. The Hall–Kier alpha value is -2.47. The summed E-state index contributed by atoms with van der Waals surface area (Å²) in [5, 5.41) is 20.6. The summed E-state index contributed by atoms with van der Waals surface area (Å²) in [7, 11) is 0. The van der Waals surface area contributed by atoms with Crippen molar-refractivity contribution in [2.24, 2.45) is 5.73 Å². The van der Waals surface area contributed by atoms with Crippen molar-refractivity contribution in [3.05, 3.63) is 23.0 Å². The van der Waals surface area contributed by atoms with Crippen molar-refractivity contribution in [3.8, 4) is 12.1 Å². The minimum atomic E-state index is -0.773. The zero-order chi connectivity index (χ0) is 14.1. The first kappa shape index (κ1) is 15.5. The van der Waals surface area contributed by atoms with Gasteiger partial charge in [0, 0.05) is 6.04 Å². The van der Waals surface area contributed by atoms with Crippen LogP contribution in [0, 0.1) is 22.7 Å². The summed E-state index contributed by atoms with van der Waals surface area (Å²) in [6.07, 6.45) is 1.11. The van der Waals surface area contributed by atoms with Crippen LogP contribution >= 0.6 is 0 Å². The molecule has 0 spiro atoms. The second kappa shape index (κ2) is 7.75. The second-order valence-electron chi connectivity index (χ2n) is 3.63. The monoisotopic (exact) mass is 248 g/mol. The number of carbonyl (C=O) groups excluding carboxylic acids is 1. The Balaban J connectivity index is 5.27. The summed E-state index contributed by atoms with van der Waals surface area (Å²) < 4.78 is 4.68. The number of esters is 1. The van der Waals surface area contributed by atoms with Gasteiger partial charge in [-0.1, -0.05) is 0 Å². The molecule has 0 unspecified atom stereocenters. The lowest BCUT2D eigenvalue weighted by molar-refractivity contribution is -0.138. The molecule has 0 aliphatic carbocycles. The Labute approximate surface area is 106 Å². The Morgan fingerprint density at radius 1 is 1.44 bits per heavy atom.